The molecule has 4 nitrogen and oxygen atoms in total. The molecule has 1 unspecified atom stereocenters. The Kier molecular flexibility index (Phi) is 4.54. The van der Waals surface area contributed by atoms with Crippen LogP contribution in [0.3, 0.4) is 0 Å². The number of hydrogen-bond donors (Lipinski definition) is 3. The smallest absolute Gasteiger partial charge is 0.220 e. The molecular formula is C11H22N2O2. The highest BCUT2D eigenvalue weighted by Gasteiger charge is 2.42. The first-order chi connectivity index (χ1) is 7.15. The zero-order valence-corrected chi connectivity index (χ0v) is 9.46. The molecule has 0 radical (unpaired) electrons. The molecule has 0 bridgehead atoms. The second-order valence-electron chi connectivity index (χ2n) is 4.65. The maximum Gasteiger partial charge on any atom is 0.220 e. The average molecular weight is 214 g/mol. The van der Waals surface area contributed by atoms with Crippen molar-refractivity contribution in [1.29, 1.82) is 0 Å². The van der Waals surface area contributed by atoms with Gasteiger partial charge in [0.05, 0.1) is 6.61 Å². The maximum atomic E-state index is 11.5. The molecule has 1 amide bonds. The van der Waals surface area contributed by atoms with Crippen LogP contribution in [0.5, 0.6) is 0 Å². The van der Waals surface area contributed by atoms with E-state index in [-0.39, 0.29) is 23.8 Å². The van der Waals surface area contributed by atoms with E-state index in [1.165, 1.54) is 0 Å². The fourth-order valence-corrected chi connectivity index (χ4v) is 1.58. The van der Waals surface area contributed by atoms with Crippen molar-refractivity contribution in [2.45, 2.75) is 32.6 Å². The summed E-state index contributed by atoms with van der Waals surface area (Å²) in [5, 5.41) is 12.0. The lowest BCUT2D eigenvalue weighted by molar-refractivity contribution is -0.122. The van der Waals surface area contributed by atoms with Gasteiger partial charge in [-0.25, -0.2) is 0 Å². The third-order valence-corrected chi connectivity index (χ3v) is 3.34. The summed E-state index contributed by atoms with van der Waals surface area (Å²) < 4.78 is 0. The van der Waals surface area contributed by atoms with Crippen LogP contribution in [-0.2, 0) is 4.79 Å². The SMILES string of the molecule is CCC(CN)CC(=O)NCC1(CO)CC1. The monoisotopic (exact) mass is 214 g/mol. The highest BCUT2D eigenvalue weighted by Crippen LogP contribution is 2.44. The van der Waals surface area contributed by atoms with E-state index in [0.29, 0.717) is 19.5 Å². The van der Waals surface area contributed by atoms with Crippen LogP contribution in [0.1, 0.15) is 32.6 Å². The Hall–Kier alpha value is -0.610. The molecule has 0 aromatic rings. The highest BCUT2D eigenvalue weighted by atomic mass is 16.3. The molecule has 4 heteroatoms. The quantitative estimate of drug-likeness (QED) is 0.568. The summed E-state index contributed by atoms with van der Waals surface area (Å²) in [5.74, 6) is 0.348. The van der Waals surface area contributed by atoms with E-state index >= 15 is 0 Å². The number of carbonyl (C=O) groups is 1. The Morgan fingerprint density at radius 3 is 2.67 bits per heavy atom. The standard InChI is InChI=1S/C11H22N2O2/c1-2-9(6-12)5-10(15)13-7-11(8-14)3-4-11/h9,14H,2-8,12H2,1H3,(H,13,15). The van der Waals surface area contributed by atoms with E-state index in [9.17, 15) is 4.79 Å². The molecule has 1 aliphatic rings. The molecule has 0 heterocycles. The second kappa shape index (κ2) is 5.47. The third-order valence-electron chi connectivity index (χ3n) is 3.34. The zero-order valence-electron chi connectivity index (χ0n) is 9.46. The van der Waals surface area contributed by atoms with Crippen LogP contribution in [0.15, 0.2) is 0 Å². The number of nitrogens with one attached hydrogen (secondary N) is 1. The van der Waals surface area contributed by atoms with Crippen molar-refractivity contribution in [3.8, 4) is 0 Å². The van der Waals surface area contributed by atoms with Gasteiger partial charge in [-0.15, -0.1) is 0 Å². The minimum atomic E-state index is 0.0000853. The van der Waals surface area contributed by atoms with Crippen molar-refractivity contribution in [3.63, 3.8) is 0 Å². The number of aliphatic hydroxyl groups excluding tert-OH is 1. The van der Waals surface area contributed by atoms with Crippen LogP contribution in [0.4, 0.5) is 0 Å². The van der Waals surface area contributed by atoms with Gasteiger partial charge in [0.2, 0.25) is 5.91 Å². The van der Waals surface area contributed by atoms with Crippen LogP contribution in [0.2, 0.25) is 0 Å². The minimum Gasteiger partial charge on any atom is -0.396 e. The van der Waals surface area contributed by atoms with E-state index in [4.69, 9.17) is 10.8 Å². The topological polar surface area (TPSA) is 75.4 Å². The number of aliphatic hydroxyl groups is 1. The lowest BCUT2D eigenvalue weighted by Gasteiger charge is -2.15. The molecular weight excluding hydrogens is 192 g/mol. The molecule has 1 aliphatic carbocycles. The van der Waals surface area contributed by atoms with Gasteiger partial charge in [-0.1, -0.05) is 13.3 Å². The Morgan fingerprint density at radius 1 is 1.60 bits per heavy atom. The molecule has 0 aromatic carbocycles. The van der Waals surface area contributed by atoms with Crippen molar-refractivity contribution in [2.24, 2.45) is 17.1 Å². The normalized spacial score (nSPS) is 19.7. The molecule has 1 saturated carbocycles. The van der Waals surface area contributed by atoms with E-state index in [0.717, 1.165) is 19.3 Å². The summed E-state index contributed by atoms with van der Waals surface area (Å²) in [5.41, 5.74) is 5.53. The lowest BCUT2D eigenvalue weighted by atomic mass is 10.0. The van der Waals surface area contributed by atoms with Gasteiger partial charge >= 0.3 is 0 Å². The molecule has 1 fully saturated rings. The van der Waals surface area contributed by atoms with Crippen LogP contribution in [0.25, 0.3) is 0 Å². The van der Waals surface area contributed by atoms with Gasteiger partial charge in [-0.2, -0.15) is 0 Å². The zero-order chi connectivity index (χ0) is 11.3. The summed E-state index contributed by atoms with van der Waals surface area (Å²) >= 11 is 0. The molecule has 15 heavy (non-hydrogen) atoms. The van der Waals surface area contributed by atoms with Crippen molar-refractivity contribution in [1.82, 2.24) is 5.32 Å². The average Bonchev–Trinajstić information content (AvgIpc) is 3.04. The number of nitrogens with two attached hydrogens (primary N) is 1. The van der Waals surface area contributed by atoms with Gasteiger partial charge in [0.25, 0.3) is 0 Å². The molecule has 1 rings (SSSR count). The van der Waals surface area contributed by atoms with Gasteiger partial charge in [-0.3, -0.25) is 4.79 Å². The number of amides is 1. The predicted molar refractivity (Wildman–Crippen MR) is 59.2 cm³/mol. The summed E-state index contributed by atoms with van der Waals surface area (Å²) in [6.45, 7) is 3.40. The molecule has 0 spiro atoms. The summed E-state index contributed by atoms with van der Waals surface area (Å²) in [6.07, 6.45) is 3.50. The minimum absolute atomic E-state index is 0.0000853. The van der Waals surface area contributed by atoms with Gasteiger partial charge in [-0.05, 0) is 25.3 Å². The van der Waals surface area contributed by atoms with Crippen molar-refractivity contribution >= 4 is 5.91 Å². The van der Waals surface area contributed by atoms with Gasteiger partial charge < -0.3 is 16.2 Å². The lowest BCUT2D eigenvalue weighted by Crippen LogP contribution is -2.33. The first-order valence-corrected chi connectivity index (χ1v) is 5.73. The molecule has 0 aromatic heterocycles. The van der Waals surface area contributed by atoms with Crippen molar-refractivity contribution < 1.29 is 9.90 Å². The van der Waals surface area contributed by atoms with E-state index < -0.39 is 0 Å². The number of carbonyl (C=O) groups excluding carboxylic acids is 1. The molecule has 4 N–H and O–H groups in total. The summed E-state index contributed by atoms with van der Waals surface area (Å²) in [4.78, 5) is 11.5. The predicted octanol–water partition coefficient (Wildman–Crippen LogP) is 0.250. The molecule has 0 saturated heterocycles. The molecule has 0 aliphatic heterocycles. The summed E-state index contributed by atoms with van der Waals surface area (Å²) in [7, 11) is 0. The maximum absolute atomic E-state index is 11.5. The summed E-state index contributed by atoms with van der Waals surface area (Å²) in [6, 6.07) is 0. The Balaban J connectivity index is 2.18. The van der Waals surface area contributed by atoms with Gasteiger partial charge in [0.15, 0.2) is 0 Å². The first kappa shape index (κ1) is 12.5. The largest absolute Gasteiger partial charge is 0.396 e. The Morgan fingerprint density at radius 2 is 2.27 bits per heavy atom. The Bertz CT molecular complexity index is 211. The first-order valence-electron chi connectivity index (χ1n) is 5.73. The van der Waals surface area contributed by atoms with Gasteiger partial charge in [0.1, 0.15) is 0 Å². The van der Waals surface area contributed by atoms with Gasteiger partial charge in [0, 0.05) is 18.4 Å². The van der Waals surface area contributed by atoms with Crippen LogP contribution in [0, 0.1) is 11.3 Å². The van der Waals surface area contributed by atoms with E-state index in [2.05, 4.69) is 5.32 Å². The fourth-order valence-electron chi connectivity index (χ4n) is 1.58. The van der Waals surface area contributed by atoms with E-state index in [1.54, 1.807) is 0 Å². The third kappa shape index (κ3) is 3.80. The van der Waals surface area contributed by atoms with Crippen molar-refractivity contribution in [2.75, 3.05) is 19.7 Å². The van der Waals surface area contributed by atoms with Crippen molar-refractivity contribution in [3.05, 3.63) is 0 Å². The Labute approximate surface area is 91.2 Å². The fraction of sp³-hybridized carbons (Fsp3) is 0.909. The number of hydrogen-bond acceptors (Lipinski definition) is 3. The molecule has 1 atom stereocenters. The highest BCUT2D eigenvalue weighted by molar-refractivity contribution is 5.76. The number of rotatable bonds is 7. The molecule has 88 valence electrons. The van der Waals surface area contributed by atoms with E-state index in [1.807, 2.05) is 6.92 Å². The van der Waals surface area contributed by atoms with Crippen LogP contribution >= 0.6 is 0 Å². The second-order valence-corrected chi connectivity index (χ2v) is 4.65. The van der Waals surface area contributed by atoms with Crippen LogP contribution in [-0.4, -0.2) is 30.7 Å². The van der Waals surface area contributed by atoms with Crippen LogP contribution < -0.4 is 11.1 Å².